The molecular formula is C23H20F3N5O3. The molecule has 0 amide bonds. The van der Waals surface area contributed by atoms with Crippen LogP contribution in [0.15, 0.2) is 65.8 Å². The molecule has 0 bridgehead atoms. The third-order valence-corrected chi connectivity index (χ3v) is 4.84. The number of hydrogen-bond donors (Lipinski definition) is 1. The summed E-state index contributed by atoms with van der Waals surface area (Å²) in [5, 5.41) is 3.61. The van der Waals surface area contributed by atoms with Gasteiger partial charge in [-0.25, -0.2) is 15.0 Å². The van der Waals surface area contributed by atoms with Crippen molar-refractivity contribution in [2.75, 3.05) is 11.9 Å². The quantitative estimate of drug-likeness (QED) is 0.419. The summed E-state index contributed by atoms with van der Waals surface area (Å²) in [6, 6.07) is 13.8. The van der Waals surface area contributed by atoms with E-state index in [-0.39, 0.29) is 24.7 Å². The summed E-state index contributed by atoms with van der Waals surface area (Å²) < 4.78 is 43.6. The van der Waals surface area contributed by atoms with Gasteiger partial charge in [-0.15, -0.1) is 4.73 Å². The standard InChI is InChI=1S/C23H20F3N5O3/c1-15-20-18(28-11-17-8-5-9-27-22(17)33-13-23(24,25)26)10-19(32)31(21(20)30-14-29-15)34-12-16-6-3-2-4-7-16/h2-10,14,28H,11-13H2,1H3. The Morgan fingerprint density at radius 2 is 1.85 bits per heavy atom. The van der Waals surface area contributed by atoms with E-state index in [2.05, 4.69) is 20.3 Å². The van der Waals surface area contributed by atoms with Crippen molar-refractivity contribution in [2.24, 2.45) is 0 Å². The molecular weight excluding hydrogens is 451 g/mol. The predicted molar refractivity (Wildman–Crippen MR) is 118 cm³/mol. The van der Waals surface area contributed by atoms with E-state index in [0.717, 1.165) is 10.3 Å². The molecule has 0 spiro atoms. The minimum atomic E-state index is -4.49. The Morgan fingerprint density at radius 1 is 1.06 bits per heavy atom. The maximum atomic E-state index is 12.9. The smallest absolute Gasteiger partial charge is 0.422 e. The molecule has 4 rings (SSSR count). The van der Waals surface area contributed by atoms with Gasteiger partial charge in [0.25, 0.3) is 5.56 Å². The van der Waals surface area contributed by atoms with E-state index >= 15 is 0 Å². The fraction of sp³-hybridized carbons (Fsp3) is 0.217. The summed E-state index contributed by atoms with van der Waals surface area (Å²) in [5.74, 6) is -0.149. The average Bonchev–Trinajstić information content (AvgIpc) is 2.81. The van der Waals surface area contributed by atoms with Crippen LogP contribution in [0, 0.1) is 6.92 Å². The Morgan fingerprint density at radius 3 is 2.62 bits per heavy atom. The molecule has 3 aromatic heterocycles. The van der Waals surface area contributed by atoms with Gasteiger partial charge in [0.1, 0.15) is 12.9 Å². The number of rotatable bonds is 8. The lowest BCUT2D eigenvalue weighted by molar-refractivity contribution is -0.154. The summed E-state index contributed by atoms with van der Waals surface area (Å²) >= 11 is 0. The fourth-order valence-corrected chi connectivity index (χ4v) is 3.30. The van der Waals surface area contributed by atoms with E-state index in [1.807, 2.05) is 30.3 Å². The largest absolute Gasteiger partial charge is 0.468 e. The lowest BCUT2D eigenvalue weighted by Gasteiger charge is -2.16. The highest BCUT2D eigenvalue weighted by molar-refractivity contribution is 5.90. The molecule has 0 saturated heterocycles. The normalized spacial score (nSPS) is 11.4. The van der Waals surface area contributed by atoms with Crippen molar-refractivity contribution in [3.05, 3.63) is 88.2 Å². The number of pyridine rings is 2. The molecule has 1 N–H and O–H groups in total. The average molecular weight is 471 g/mol. The number of nitrogens with one attached hydrogen (secondary N) is 1. The minimum Gasteiger partial charge on any atom is -0.468 e. The van der Waals surface area contributed by atoms with E-state index in [0.29, 0.717) is 22.3 Å². The van der Waals surface area contributed by atoms with Crippen LogP contribution < -0.4 is 20.5 Å². The zero-order valence-corrected chi connectivity index (χ0v) is 18.0. The summed E-state index contributed by atoms with van der Waals surface area (Å²) in [4.78, 5) is 30.9. The molecule has 0 atom stereocenters. The second-order valence-electron chi connectivity index (χ2n) is 7.33. The molecule has 0 aliphatic carbocycles. The van der Waals surface area contributed by atoms with Gasteiger partial charge in [-0.3, -0.25) is 4.79 Å². The number of alkyl halides is 3. The summed E-state index contributed by atoms with van der Waals surface area (Å²) in [6.07, 6.45) is -1.82. The Labute approximate surface area is 192 Å². The number of ether oxygens (including phenoxy) is 1. The minimum absolute atomic E-state index is 0.0544. The number of fused-ring (bicyclic) bond motifs is 1. The SMILES string of the molecule is Cc1ncnc2c1c(NCc1cccnc1OCC(F)(F)F)cc(=O)n2OCc1ccccc1. The number of nitrogens with zero attached hydrogens (tertiary/aromatic N) is 4. The summed E-state index contributed by atoms with van der Waals surface area (Å²) in [5.41, 5.74) is 2.05. The van der Waals surface area contributed by atoms with Crippen molar-refractivity contribution < 1.29 is 22.7 Å². The van der Waals surface area contributed by atoms with Crippen molar-refractivity contribution in [3.8, 4) is 5.88 Å². The van der Waals surface area contributed by atoms with Crippen LogP contribution in [0.25, 0.3) is 11.0 Å². The van der Waals surface area contributed by atoms with Crippen molar-refractivity contribution in [2.45, 2.75) is 26.3 Å². The predicted octanol–water partition coefficient (Wildman–Crippen LogP) is 3.68. The lowest BCUT2D eigenvalue weighted by Crippen LogP contribution is -2.28. The highest BCUT2D eigenvalue weighted by Gasteiger charge is 2.29. The molecule has 8 nitrogen and oxygen atoms in total. The van der Waals surface area contributed by atoms with Crippen LogP contribution in [0.4, 0.5) is 18.9 Å². The number of hydrogen-bond acceptors (Lipinski definition) is 7. The highest BCUT2D eigenvalue weighted by Crippen LogP contribution is 2.25. The summed E-state index contributed by atoms with van der Waals surface area (Å²) in [7, 11) is 0. The van der Waals surface area contributed by atoms with Crippen LogP contribution in [-0.4, -0.2) is 32.5 Å². The van der Waals surface area contributed by atoms with Gasteiger partial charge in [-0.1, -0.05) is 36.4 Å². The van der Waals surface area contributed by atoms with Crippen molar-refractivity contribution >= 4 is 16.7 Å². The van der Waals surface area contributed by atoms with E-state index in [4.69, 9.17) is 9.57 Å². The first kappa shape index (κ1) is 23.0. The maximum absolute atomic E-state index is 12.9. The van der Waals surface area contributed by atoms with Crippen molar-refractivity contribution in [1.82, 2.24) is 19.7 Å². The zero-order valence-electron chi connectivity index (χ0n) is 18.0. The molecule has 0 unspecified atom stereocenters. The lowest BCUT2D eigenvalue weighted by atomic mass is 10.2. The van der Waals surface area contributed by atoms with Crippen molar-refractivity contribution in [1.29, 1.82) is 0 Å². The van der Waals surface area contributed by atoms with Gasteiger partial charge in [-0.2, -0.15) is 13.2 Å². The van der Waals surface area contributed by atoms with E-state index in [9.17, 15) is 18.0 Å². The summed E-state index contributed by atoms with van der Waals surface area (Å²) in [6.45, 7) is 0.505. The molecule has 34 heavy (non-hydrogen) atoms. The Bertz CT molecular complexity index is 1340. The van der Waals surface area contributed by atoms with Crippen LogP contribution in [-0.2, 0) is 13.2 Å². The first-order valence-electron chi connectivity index (χ1n) is 10.2. The zero-order chi connectivity index (χ0) is 24.1. The molecule has 0 radical (unpaired) electrons. The second kappa shape index (κ2) is 9.77. The van der Waals surface area contributed by atoms with Gasteiger partial charge in [0.2, 0.25) is 5.88 Å². The molecule has 3 heterocycles. The first-order chi connectivity index (χ1) is 16.3. The molecule has 0 fully saturated rings. The Kier molecular flexibility index (Phi) is 6.62. The Hall–Kier alpha value is -4.15. The number of anilines is 1. The van der Waals surface area contributed by atoms with Gasteiger partial charge in [-0.05, 0) is 18.6 Å². The topological polar surface area (TPSA) is 91.2 Å². The number of benzene rings is 1. The number of aromatic nitrogens is 4. The van der Waals surface area contributed by atoms with Crippen LogP contribution in [0.3, 0.4) is 0 Å². The number of aryl methyl sites for hydroxylation is 1. The molecule has 0 aliphatic heterocycles. The van der Waals surface area contributed by atoms with Crippen LogP contribution in [0.2, 0.25) is 0 Å². The molecule has 4 aromatic rings. The van der Waals surface area contributed by atoms with E-state index in [1.165, 1.54) is 18.6 Å². The molecule has 0 saturated carbocycles. The van der Waals surface area contributed by atoms with Gasteiger partial charge < -0.3 is 14.9 Å². The van der Waals surface area contributed by atoms with Gasteiger partial charge in [0.05, 0.1) is 16.8 Å². The van der Waals surface area contributed by atoms with E-state index in [1.54, 1.807) is 19.1 Å². The first-order valence-corrected chi connectivity index (χ1v) is 10.2. The highest BCUT2D eigenvalue weighted by atomic mass is 19.4. The van der Waals surface area contributed by atoms with Crippen LogP contribution >= 0.6 is 0 Å². The van der Waals surface area contributed by atoms with E-state index < -0.39 is 18.3 Å². The van der Waals surface area contributed by atoms with Gasteiger partial charge in [0.15, 0.2) is 12.3 Å². The molecule has 0 aliphatic rings. The van der Waals surface area contributed by atoms with Crippen molar-refractivity contribution in [3.63, 3.8) is 0 Å². The van der Waals surface area contributed by atoms with Gasteiger partial charge >= 0.3 is 6.18 Å². The fourth-order valence-electron chi connectivity index (χ4n) is 3.30. The monoisotopic (exact) mass is 471 g/mol. The third-order valence-electron chi connectivity index (χ3n) is 4.84. The third kappa shape index (κ3) is 5.42. The maximum Gasteiger partial charge on any atom is 0.422 e. The Balaban J connectivity index is 1.62. The molecule has 11 heteroatoms. The molecule has 176 valence electrons. The molecule has 1 aromatic carbocycles. The van der Waals surface area contributed by atoms with Crippen LogP contribution in [0.1, 0.15) is 16.8 Å². The van der Waals surface area contributed by atoms with Gasteiger partial charge in [0, 0.05) is 24.4 Å². The van der Waals surface area contributed by atoms with Crippen LogP contribution in [0.5, 0.6) is 5.88 Å². The second-order valence-corrected chi connectivity index (χ2v) is 7.33. The number of halogens is 3.